The van der Waals surface area contributed by atoms with Crippen molar-refractivity contribution in [3.05, 3.63) is 35.9 Å². The van der Waals surface area contributed by atoms with Crippen LogP contribution in [0.15, 0.2) is 30.3 Å². The molecule has 0 aromatic heterocycles. The number of methoxy groups -OCH3 is 2. The predicted octanol–water partition coefficient (Wildman–Crippen LogP) is 7.22. The van der Waals surface area contributed by atoms with Gasteiger partial charge in [-0.2, -0.15) is 0 Å². The summed E-state index contributed by atoms with van der Waals surface area (Å²) in [5.41, 5.74) is 3.96. The fraction of sp³-hybridized carbons (Fsp3) is 0.744. The van der Waals surface area contributed by atoms with Crippen LogP contribution in [-0.2, 0) is 35.0 Å². The van der Waals surface area contributed by atoms with Gasteiger partial charge in [-0.05, 0) is 49.0 Å². The zero-order chi connectivity index (χ0) is 41.3. The van der Waals surface area contributed by atoms with Crippen LogP contribution in [0.3, 0.4) is 0 Å². The molecule has 56 heavy (non-hydrogen) atoms. The summed E-state index contributed by atoms with van der Waals surface area (Å²) in [4.78, 5) is 66.1. The Morgan fingerprint density at radius 1 is 0.714 bits per heavy atom. The molecular formula is C43H73N5O8. The molecule has 13 heteroatoms. The molecule has 0 radical (unpaired) electrons. The van der Waals surface area contributed by atoms with Crippen LogP contribution in [0.1, 0.15) is 136 Å². The van der Waals surface area contributed by atoms with Gasteiger partial charge in [-0.25, -0.2) is 14.6 Å². The van der Waals surface area contributed by atoms with Gasteiger partial charge in [-0.15, -0.1) is 0 Å². The van der Waals surface area contributed by atoms with Crippen LogP contribution in [0.2, 0.25) is 0 Å². The van der Waals surface area contributed by atoms with Crippen molar-refractivity contribution in [1.82, 2.24) is 26.4 Å². The van der Waals surface area contributed by atoms with Gasteiger partial charge in [-0.1, -0.05) is 136 Å². The first kappa shape index (κ1) is 48.3. The Morgan fingerprint density at radius 3 is 1.79 bits per heavy atom. The summed E-state index contributed by atoms with van der Waals surface area (Å²) in [6.07, 6.45) is 13.5. The molecule has 0 saturated heterocycles. The number of unbranched alkanes of at least 4 members (excludes halogenated alkanes) is 8. The van der Waals surface area contributed by atoms with Gasteiger partial charge in [0.15, 0.2) is 0 Å². The Balaban J connectivity index is 2.46. The number of hydrogen-bond donors (Lipinski definition) is 4. The Kier molecular flexibility index (Phi) is 23.9. The first-order chi connectivity index (χ1) is 26.9. The van der Waals surface area contributed by atoms with Crippen molar-refractivity contribution >= 4 is 30.0 Å². The number of carbonyl (C=O) groups excluding carboxylic acids is 5. The molecule has 1 aromatic carbocycles. The summed E-state index contributed by atoms with van der Waals surface area (Å²) in [5, 5.41) is 10.2. The second kappa shape index (κ2) is 27.7. The third-order valence-electron chi connectivity index (χ3n) is 10.5. The molecule has 1 fully saturated rings. The van der Waals surface area contributed by atoms with Crippen molar-refractivity contribution in [3.63, 3.8) is 0 Å². The molecule has 1 aromatic rings. The van der Waals surface area contributed by atoms with Crippen molar-refractivity contribution in [2.75, 3.05) is 27.3 Å². The zero-order valence-corrected chi connectivity index (χ0v) is 35.4. The van der Waals surface area contributed by atoms with E-state index in [9.17, 15) is 24.0 Å². The quantitative estimate of drug-likeness (QED) is 0.0329. The van der Waals surface area contributed by atoms with Gasteiger partial charge >= 0.3 is 18.2 Å². The van der Waals surface area contributed by atoms with Crippen LogP contribution in [0.4, 0.5) is 9.59 Å². The number of ether oxygens (including phenoxy) is 3. The first-order valence-electron chi connectivity index (χ1n) is 21.2. The van der Waals surface area contributed by atoms with E-state index in [0.29, 0.717) is 19.4 Å². The Labute approximate surface area is 336 Å². The van der Waals surface area contributed by atoms with Crippen molar-refractivity contribution in [3.8, 4) is 0 Å². The maximum Gasteiger partial charge on any atom is 0.407 e. The van der Waals surface area contributed by atoms with E-state index in [1.807, 2.05) is 58.0 Å². The topological polar surface area (TPSA) is 164 Å². The smallest absolute Gasteiger partial charge is 0.407 e. The van der Waals surface area contributed by atoms with Crippen LogP contribution in [0, 0.1) is 17.8 Å². The minimum atomic E-state index is -0.923. The highest BCUT2D eigenvalue weighted by molar-refractivity contribution is 5.86. The minimum Gasteiger partial charge on any atom is -0.459 e. The molecule has 0 aliphatic heterocycles. The molecule has 1 aliphatic carbocycles. The molecule has 1 aliphatic rings. The summed E-state index contributed by atoms with van der Waals surface area (Å²) < 4.78 is 16.0. The molecule has 4 amide bonds. The Morgan fingerprint density at radius 2 is 1.25 bits per heavy atom. The molecule has 0 heterocycles. The van der Waals surface area contributed by atoms with Crippen LogP contribution in [0.5, 0.6) is 0 Å². The third kappa shape index (κ3) is 19.3. The van der Waals surface area contributed by atoms with Crippen molar-refractivity contribution in [1.29, 1.82) is 0 Å². The number of hydrazine groups is 1. The highest BCUT2D eigenvalue weighted by atomic mass is 16.5. The maximum atomic E-state index is 14.0. The van der Waals surface area contributed by atoms with Crippen LogP contribution in [-0.4, -0.2) is 86.5 Å². The summed E-state index contributed by atoms with van der Waals surface area (Å²) in [5.74, 6) is -1.50. The predicted molar refractivity (Wildman–Crippen MR) is 218 cm³/mol. The normalized spacial score (nSPS) is 15.4. The van der Waals surface area contributed by atoms with Crippen LogP contribution in [0.25, 0.3) is 0 Å². The number of nitrogens with zero attached hydrogens (tertiary/aromatic N) is 1. The molecule has 4 atom stereocenters. The highest BCUT2D eigenvalue weighted by Gasteiger charge is 2.35. The summed E-state index contributed by atoms with van der Waals surface area (Å²) in [6.45, 7) is 10.1. The lowest BCUT2D eigenvalue weighted by molar-refractivity contribution is -0.154. The van der Waals surface area contributed by atoms with Gasteiger partial charge < -0.3 is 30.2 Å². The lowest BCUT2D eigenvalue weighted by Crippen LogP contribution is -2.60. The standard InChI is InChI=1S/C43H73N5O8/c1-8-9-10-11-12-13-14-15-22-27-37(49)56-36(35(28-33-23-18-16-19-24-33)44-40(50)38(31(2)3)45-42(52)54-6)30-48(29-34-25-20-17-21-26-34)47-41(51)39(32(4)5)46-43(53)55-7/h16,18-19,23-24,31-32,34-36,38-39H,8-15,17,20-22,25-30H2,1-7H3,(H,44,50)(H,45,52)(H,46,53)(H,47,51)/t35?,36?,38-,39-/m0/s1. The van der Waals surface area contributed by atoms with E-state index in [1.165, 1.54) is 46.3 Å². The number of carbonyl (C=O) groups is 5. The Hall–Kier alpha value is -3.87. The second-order valence-electron chi connectivity index (χ2n) is 16.0. The number of esters is 1. The van der Waals surface area contributed by atoms with Crippen LogP contribution >= 0.6 is 0 Å². The lowest BCUT2D eigenvalue weighted by Gasteiger charge is -2.36. The highest BCUT2D eigenvalue weighted by Crippen LogP contribution is 2.25. The van der Waals surface area contributed by atoms with E-state index < -0.39 is 48.2 Å². The molecule has 4 N–H and O–H groups in total. The number of hydrogen-bond acceptors (Lipinski definition) is 9. The van der Waals surface area contributed by atoms with Crippen molar-refractivity contribution in [2.45, 2.75) is 162 Å². The molecule has 2 unspecified atom stereocenters. The average molecular weight is 788 g/mol. The van der Waals surface area contributed by atoms with E-state index >= 15 is 0 Å². The van der Waals surface area contributed by atoms with E-state index in [-0.39, 0.29) is 36.7 Å². The summed E-state index contributed by atoms with van der Waals surface area (Å²) >= 11 is 0. The maximum absolute atomic E-state index is 14.0. The van der Waals surface area contributed by atoms with Crippen LogP contribution < -0.4 is 21.4 Å². The van der Waals surface area contributed by atoms with Gasteiger partial charge in [-0.3, -0.25) is 19.8 Å². The van der Waals surface area contributed by atoms with Gasteiger partial charge in [0.25, 0.3) is 5.91 Å². The molecule has 318 valence electrons. The van der Waals surface area contributed by atoms with E-state index in [0.717, 1.165) is 56.9 Å². The summed E-state index contributed by atoms with van der Waals surface area (Å²) in [6, 6.07) is 7.06. The van der Waals surface area contributed by atoms with E-state index in [2.05, 4.69) is 28.3 Å². The third-order valence-corrected chi connectivity index (χ3v) is 10.5. The number of rotatable bonds is 26. The monoisotopic (exact) mass is 788 g/mol. The van der Waals surface area contributed by atoms with E-state index in [4.69, 9.17) is 14.2 Å². The Bertz CT molecular complexity index is 1290. The molecule has 0 spiro atoms. The number of benzene rings is 1. The number of nitrogens with one attached hydrogen (secondary N) is 4. The molecular weight excluding hydrogens is 714 g/mol. The molecule has 1 saturated carbocycles. The second-order valence-corrected chi connectivity index (χ2v) is 16.0. The fourth-order valence-electron chi connectivity index (χ4n) is 7.20. The molecule has 13 nitrogen and oxygen atoms in total. The van der Waals surface area contributed by atoms with Gasteiger partial charge in [0.2, 0.25) is 5.91 Å². The largest absolute Gasteiger partial charge is 0.459 e. The minimum absolute atomic E-state index is 0.0728. The summed E-state index contributed by atoms with van der Waals surface area (Å²) in [7, 11) is 2.49. The van der Waals surface area contributed by atoms with Gasteiger partial charge in [0, 0.05) is 13.0 Å². The van der Waals surface area contributed by atoms with Crippen molar-refractivity contribution < 1.29 is 38.2 Å². The number of alkyl carbamates (subject to hydrolysis) is 2. The molecule has 0 bridgehead atoms. The first-order valence-corrected chi connectivity index (χ1v) is 21.2. The van der Waals surface area contributed by atoms with Gasteiger partial charge in [0.1, 0.15) is 18.2 Å². The fourth-order valence-corrected chi connectivity index (χ4v) is 7.20. The zero-order valence-electron chi connectivity index (χ0n) is 35.4. The van der Waals surface area contributed by atoms with Crippen molar-refractivity contribution in [2.24, 2.45) is 17.8 Å². The SMILES string of the molecule is CCCCCCCCCCCC(=O)OC(CN(CC1CCCCC1)NC(=O)[C@@H](NC(=O)OC)C(C)C)C(Cc1ccccc1)NC(=O)[C@@H](NC(=O)OC)C(C)C. The number of amides is 4. The van der Waals surface area contributed by atoms with E-state index in [1.54, 1.807) is 5.01 Å². The molecule has 2 rings (SSSR count). The lowest BCUT2D eigenvalue weighted by atomic mass is 9.89. The average Bonchev–Trinajstić information content (AvgIpc) is 3.17. The van der Waals surface area contributed by atoms with Gasteiger partial charge in [0.05, 0.1) is 26.8 Å².